The van der Waals surface area contributed by atoms with Crippen LogP contribution in [0.15, 0.2) is 30.6 Å². The van der Waals surface area contributed by atoms with E-state index in [9.17, 15) is 14.5 Å². The number of benzene rings is 1. The molecule has 0 atom stereocenters. The molecule has 2 aromatic rings. The molecule has 1 aromatic heterocycles. The molecule has 0 saturated carbocycles. The van der Waals surface area contributed by atoms with Crippen LogP contribution in [0.5, 0.6) is 0 Å². The van der Waals surface area contributed by atoms with Crippen LogP contribution in [-0.2, 0) is 4.74 Å². The number of rotatable bonds is 3. The number of nitro groups is 1. The van der Waals surface area contributed by atoms with Gasteiger partial charge in [0.25, 0.3) is 5.69 Å². The van der Waals surface area contributed by atoms with Crippen molar-refractivity contribution in [3.8, 4) is 11.4 Å². The van der Waals surface area contributed by atoms with E-state index in [1.165, 1.54) is 6.07 Å². The monoisotopic (exact) mass is 304 g/mol. The molecule has 0 radical (unpaired) electrons. The lowest BCUT2D eigenvalue weighted by atomic mass is 10.1. The first kappa shape index (κ1) is 14.3. The first-order valence-corrected chi connectivity index (χ1v) is 6.74. The number of nitrogens with zero attached hydrogens (tertiary/aromatic N) is 4. The smallest absolute Gasteiger partial charge is 0.293 e. The summed E-state index contributed by atoms with van der Waals surface area (Å²) >= 11 is 0. The summed E-state index contributed by atoms with van der Waals surface area (Å²) in [7, 11) is 0. The summed E-state index contributed by atoms with van der Waals surface area (Å²) in [6.07, 6.45) is 2.06. The van der Waals surface area contributed by atoms with Gasteiger partial charge in [-0.15, -0.1) is 0 Å². The normalized spacial score (nSPS) is 14.9. The fraction of sp³-hybridized carbons (Fsp3) is 0.286. The Morgan fingerprint density at radius 1 is 1.23 bits per heavy atom. The van der Waals surface area contributed by atoms with Crippen molar-refractivity contribution in [1.29, 1.82) is 0 Å². The van der Waals surface area contributed by atoms with Gasteiger partial charge < -0.3 is 9.64 Å². The topological polar surface area (TPSA) is 81.4 Å². The zero-order valence-electron chi connectivity index (χ0n) is 11.6. The number of aromatic nitrogens is 2. The number of hydrogen-bond acceptors (Lipinski definition) is 6. The number of anilines is 1. The van der Waals surface area contributed by atoms with Gasteiger partial charge in [-0.1, -0.05) is 0 Å². The lowest BCUT2D eigenvalue weighted by molar-refractivity contribution is -0.384. The van der Waals surface area contributed by atoms with E-state index in [-0.39, 0.29) is 11.5 Å². The standard InChI is InChI=1S/C14H13FN4O3/c15-11-8-16-14(17-9-11)10-1-2-12(13(7-10)19(20)21)18-3-5-22-6-4-18/h1-2,7-9H,3-6H2. The average Bonchev–Trinajstić information content (AvgIpc) is 2.56. The Morgan fingerprint density at radius 2 is 1.91 bits per heavy atom. The molecule has 0 spiro atoms. The Morgan fingerprint density at radius 3 is 2.55 bits per heavy atom. The first-order valence-electron chi connectivity index (χ1n) is 6.74. The SMILES string of the molecule is O=[N+]([O-])c1cc(-c2ncc(F)cn2)ccc1N1CCOCC1. The summed E-state index contributed by atoms with van der Waals surface area (Å²) in [6, 6.07) is 4.79. The molecule has 114 valence electrons. The van der Waals surface area contributed by atoms with Crippen LogP contribution in [0.3, 0.4) is 0 Å². The van der Waals surface area contributed by atoms with Gasteiger partial charge in [-0.05, 0) is 12.1 Å². The van der Waals surface area contributed by atoms with Crippen LogP contribution in [0, 0.1) is 15.9 Å². The Labute approximate surface area is 125 Å². The van der Waals surface area contributed by atoms with Crippen LogP contribution in [0.25, 0.3) is 11.4 Å². The molecule has 1 aromatic carbocycles. The zero-order valence-corrected chi connectivity index (χ0v) is 11.6. The van der Waals surface area contributed by atoms with Crippen molar-refractivity contribution in [2.24, 2.45) is 0 Å². The lowest BCUT2D eigenvalue weighted by Gasteiger charge is -2.28. The summed E-state index contributed by atoms with van der Waals surface area (Å²) in [5.74, 6) is -0.304. The number of hydrogen-bond donors (Lipinski definition) is 0. The highest BCUT2D eigenvalue weighted by molar-refractivity contribution is 5.71. The Balaban J connectivity index is 1.99. The average molecular weight is 304 g/mol. The Kier molecular flexibility index (Phi) is 3.92. The van der Waals surface area contributed by atoms with E-state index in [0.717, 1.165) is 12.4 Å². The van der Waals surface area contributed by atoms with Crippen molar-refractivity contribution in [3.63, 3.8) is 0 Å². The molecule has 3 rings (SSSR count). The van der Waals surface area contributed by atoms with Gasteiger partial charge in [-0.2, -0.15) is 0 Å². The molecule has 7 nitrogen and oxygen atoms in total. The quantitative estimate of drug-likeness (QED) is 0.637. The van der Waals surface area contributed by atoms with Crippen molar-refractivity contribution in [3.05, 3.63) is 46.5 Å². The molecular formula is C14H13FN4O3. The minimum atomic E-state index is -0.553. The van der Waals surface area contributed by atoms with Crippen molar-refractivity contribution in [1.82, 2.24) is 9.97 Å². The summed E-state index contributed by atoms with van der Waals surface area (Å²) in [6.45, 7) is 2.29. The molecular weight excluding hydrogens is 291 g/mol. The highest BCUT2D eigenvalue weighted by Gasteiger charge is 2.22. The number of morpholine rings is 1. The number of halogens is 1. The molecule has 0 unspecified atom stereocenters. The third-order valence-electron chi connectivity index (χ3n) is 3.40. The van der Waals surface area contributed by atoms with E-state index in [2.05, 4.69) is 9.97 Å². The van der Waals surface area contributed by atoms with Gasteiger partial charge in [0, 0.05) is 24.7 Å². The van der Waals surface area contributed by atoms with E-state index in [1.807, 2.05) is 4.90 Å². The summed E-state index contributed by atoms with van der Waals surface area (Å²) < 4.78 is 18.1. The van der Waals surface area contributed by atoms with E-state index in [0.29, 0.717) is 37.6 Å². The van der Waals surface area contributed by atoms with Gasteiger partial charge >= 0.3 is 0 Å². The molecule has 1 fully saturated rings. The zero-order chi connectivity index (χ0) is 15.5. The molecule has 2 heterocycles. The van der Waals surface area contributed by atoms with Gasteiger partial charge in [0.05, 0.1) is 30.5 Å². The van der Waals surface area contributed by atoms with Crippen LogP contribution in [0.1, 0.15) is 0 Å². The predicted molar refractivity (Wildman–Crippen MR) is 77.1 cm³/mol. The van der Waals surface area contributed by atoms with Gasteiger partial charge in [0.2, 0.25) is 0 Å². The predicted octanol–water partition coefficient (Wildman–Crippen LogP) is 2.03. The molecule has 0 aliphatic carbocycles. The van der Waals surface area contributed by atoms with Gasteiger partial charge in [0.1, 0.15) is 5.69 Å². The maximum Gasteiger partial charge on any atom is 0.293 e. The fourth-order valence-electron chi connectivity index (χ4n) is 2.34. The molecule has 0 amide bonds. The largest absolute Gasteiger partial charge is 0.378 e. The van der Waals surface area contributed by atoms with Gasteiger partial charge in [-0.25, -0.2) is 14.4 Å². The second-order valence-electron chi connectivity index (χ2n) is 4.78. The van der Waals surface area contributed by atoms with Crippen LogP contribution in [0.2, 0.25) is 0 Å². The highest BCUT2D eigenvalue weighted by Crippen LogP contribution is 2.32. The number of ether oxygens (including phenoxy) is 1. The molecule has 1 aliphatic rings. The Hall–Kier alpha value is -2.61. The van der Waals surface area contributed by atoms with Gasteiger partial charge in [0.15, 0.2) is 11.6 Å². The van der Waals surface area contributed by atoms with Crippen molar-refractivity contribution >= 4 is 11.4 Å². The second-order valence-corrected chi connectivity index (χ2v) is 4.78. The lowest BCUT2D eigenvalue weighted by Crippen LogP contribution is -2.36. The van der Waals surface area contributed by atoms with E-state index < -0.39 is 10.7 Å². The molecule has 1 saturated heterocycles. The molecule has 8 heteroatoms. The maximum absolute atomic E-state index is 12.9. The Bertz CT molecular complexity index is 687. The molecule has 0 bridgehead atoms. The highest BCUT2D eigenvalue weighted by atomic mass is 19.1. The van der Waals surface area contributed by atoms with Crippen LogP contribution >= 0.6 is 0 Å². The third-order valence-corrected chi connectivity index (χ3v) is 3.40. The van der Waals surface area contributed by atoms with Gasteiger partial charge in [-0.3, -0.25) is 10.1 Å². The van der Waals surface area contributed by atoms with Crippen molar-refractivity contribution in [2.75, 3.05) is 31.2 Å². The van der Waals surface area contributed by atoms with Crippen LogP contribution < -0.4 is 4.90 Å². The van der Waals surface area contributed by atoms with E-state index >= 15 is 0 Å². The summed E-state index contributed by atoms with van der Waals surface area (Å²) in [4.78, 5) is 20.5. The molecule has 22 heavy (non-hydrogen) atoms. The summed E-state index contributed by atoms with van der Waals surface area (Å²) in [5.41, 5.74) is 0.996. The second kappa shape index (κ2) is 6.02. The number of nitro benzene ring substituents is 1. The van der Waals surface area contributed by atoms with Crippen LogP contribution in [0.4, 0.5) is 15.8 Å². The maximum atomic E-state index is 12.9. The fourth-order valence-corrected chi connectivity index (χ4v) is 2.34. The minimum Gasteiger partial charge on any atom is -0.378 e. The molecule has 1 aliphatic heterocycles. The van der Waals surface area contributed by atoms with E-state index in [4.69, 9.17) is 4.74 Å². The molecule has 0 N–H and O–H groups in total. The van der Waals surface area contributed by atoms with Crippen LogP contribution in [-0.4, -0.2) is 41.2 Å². The van der Waals surface area contributed by atoms with Crippen molar-refractivity contribution < 1.29 is 14.1 Å². The third kappa shape index (κ3) is 2.86. The summed E-state index contributed by atoms with van der Waals surface area (Å²) in [5, 5.41) is 11.3. The first-order chi connectivity index (χ1) is 10.6. The van der Waals surface area contributed by atoms with Crippen molar-refractivity contribution in [2.45, 2.75) is 0 Å². The minimum absolute atomic E-state index is 0.0210. The van der Waals surface area contributed by atoms with E-state index in [1.54, 1.807) is 12.1 Å².